The molecule has 0 spiro atoms. The monoisotopic (exact) mass is 600 g/mol. The Morgan fingerprint density at radius 3 is 1.09 bits per heavy atom. The summed E-state index contributed by atoms with van der Waals surface area (Å²) in [5.74, 6) is 1.51. The summed E-state index contributed by atoms with van der Waals surface area (Å²) in [5, 5.41) is 0. The molecule has 2 aromatic heterocycles. The number of hydrogen-bond donors (Lipinski definition) is 0. The van der Waals surface area contributed by atoms with Gasteiger partial charge in [-0.25, -0.2) is 19.9 Å². The number of benzene rings is 2. The molecule has 0 N–H and O–H groups in total. The summed E-state index contributed by atoms with van der Waals surface area (Å²) in [6.07, 6.45) is 26.1. The van der Waals surface area contributed by atoms with Crippen LogP contribution in [-0.4, -0.2) is 33.1 Å². The van der Waals surface area contributed by atoms with Crippen LogP contribution in [0.15, 0.2) is 36.4 Å². The molecule has 0 aliphatic rings. The third kappa shape index (κ3) is 11.5. The van der Waals surface area contributed by atoms with E-state index in [2.05, 4.69) is 13.8 Å². The molecule has 4 rings (SSSR count). The van der Waals surface area contributed by atoms with Crippen molar-refractivity contribution in [2.45, 2.75) is 142 Å². The molecule has 0 radical (unpaired) electrons. The van der Waals surface area contributed by atoms with Crippen molar-refractivity contribution in [3.05, 3.63) is 36.4 Å². The lowest BCUT2D eigenvalue weighted by atomic mass is 10.1. The Morgan fingerprint density at radius 1 is 0.409 bits per heavy atom. The fraction of sp³-hybridized carbons (Fsp3) is 0.632. The van der Waals surface area contributed by atoms with Crippen LogP contribution in [0.1, 0.15) is 142 Å². The van der Waals surface area contributed by atoms with Gasteiger partial charge in [-0.3, -0.25) is 0 Å². The zero-order chi connectivity index (χ0) is 30.7. The minimum atomic E-state index is 0.552. The summed E-state index contributed by atoms with van der Waals surface area (Å²) >= 11 is 0. The van der Waals surface area contributed by atoms with Gasteiger partial charge in [0.1, 0.15) is 0 Å². The van der Waals surface area contributed by atoms with Crippen molar-refractivity contribution in [3.63, 3.8) is 0 Å². The van der Waals surface area contributed by atoms with Gasteiger partial charge in [0, 0.05) is 12.1 Å². The van der Waals surface area contributed by atoms with E-state index in [4.69, 9.17) is 29.4 Å². The van der Waals surface area contributed by atoms with Crippen molar-refractivity contribution >= 4 is 33.4 Å². The van der Waals surface area contributed by atoms with Gasteiger partial charge in [-0.1, -0.05) is 142 Å². The third-order valence-corrected chi connectivity index (χ3v) is 8.54. The lowest BCUT2D eigenvalue weighted by Gasteiger charge is -2.14. The molecule has 0 aliphatic heterocycles. The van der Waals surface area contributed by atoms with Crippen LogP contribution >= 0.6 is 0 Å². The molecule has 0 bridgehead atoms. The summed E-state index contributed by atoms with van der Waals surface area (Å²) in [5.41, 5.74) is 4.26. The maximum atomic E-state index is 6.32. The molecule has 4 aromatic rings. The maximum Gasteiger partial charge on any atom is 0.199 e. The number of aromatic nitrogens is 4. The van der Waals surface area contributed by atoms with Crippen molar-refractivity contribution in [2.24, 2.45) is 0 Å². The number of fused-ring (bicyclic) bond motifs is 3. The second-order valence-electron chi connectivity index (χ2n) is 12.4. The van der Waals surface area contributed by atoms with Gasteiger partial charge in [0.15, 0.2) is 22.8 Å². The Kier molecular flexibility index (Phi) is 15.5. The predicted octanol–water partition coefficient (Wildman–Crippen LogP) is 11.3. The summed E-state index contributed by atoms with van der Waals surface area (Å²) in [4.78, 5) is 19.1. The highest BCUT2D eigenvalue weighted by molar-refractivity contribution is 5.89. The fourth-order valence-corrected chi connectivity index (χ4v) is 5.85. The fourth-order valence-electron chi connectivity index (χ4n) is 5.85. The lowest BCUT2D eigenvalue weighted by molar-refractivity contribution is 0.259. The highest BCUT2D eigenvalue weighted by Crippen LogP contribution is 2.33. The molecule has 0 atom stereocenters. The summed E-state index contributed by atoms with van der Waals surface area (Å²) < 4.78 is 12.6. The van der Waals surface area contributed by atoms with E-state index in [-0.39, 0.29) is 0 Å². The Morgan fingerprint density at radius 2 is 0.727 bits per heavy atom. The highest BCUT2D eigenvalue weighted by Gasteiger charge is 2.13. The van der Waals surface area contributed by atoms with Crippen LogP contribution in [0.3, 0.4) is 0 Å². The first-order valence-corrected chi connectivity index (χ1v) is 17.9. The topological polar surface area (TPSA) is 70.0 Å². The smallest absolute Gasteiger partial charge is 0.199 e. The molecule has 0 saturated heterocycles. The first kappa shape index (κ1) is 33.9. The predicted molar refractivity (Wildman–Crippen MR) is 185 cm³/mol. The van der Waals surface area contributed by atoms with Gasteiger partial charge in [-0.15, -0.1) is 0 Å². The van der Waals surface area contributed by atoms with E-state index < -0.39 is 0 Å². The standard InChI is InChI=1S/C38H56N4O2/c1-3-5-7-9-11-13-15-17-19-23-27-43-35-29-33-34(42-38-37(41-33)39-31-25-21-22-26-32(31)40-38)30-36(35)44-28-24-20-18-16-14-12-10-8-6-4-2/h21-22,25-26,29-30H,3-20,23-24,27-28H2,1-2H3. The Hall–Kier alpha value is -3.02. The molecule has 0 amide bonds. The molecule has 6 nitrogen and oxygen atoms in total. The van der Waals surface area contributed by atoms with Crippen LogP contribution in [0.5, 0.6) is 11.5 Å². The lowest BCUT2D eigenvalue weighted by Crippen LogP contribution is -2.04. The van der Waals surface area contributed by atoms with Crippen molar-refractivity contribution < 1.29 is 9.47 Å². The highest BCUT2D eigenvalue weighted by atomic mass is 16.5. The van der Waals surface area contributed by atoms with E-state index in [9.17, 15) is 0 Å². The summed E-state index contributed by atoms with van der Waals surface area (Å²) in [6.45, 7) is 5.92. The second-order valence-corrected chi connectivity index (χ2v) is 12.4. The van der Waals surface area contributed by atoms with E-state index >= 15 is 0 Å². The van der Waals surface area contributed by atoms with E-state index in [1.807, 2.05) is 36.4 Å². The first-order chi connectivity index (χ1) is 21.8. The minimum Gasteiger partial charge on any atom is -0.490 e. The average Bonchev–Trinajstić information content (AvgIpc) is 3.04. The molecule has 0 unspecified atom stereocenters. The number of unbranched alkanes of at least 4 members (excludes halogenated alkanes) is 18. The summed E-state index contributed by atoms with van der Waals surface area (Å²) in [6, 6.07) is 11.8. The third-order valence-electron chi connectivity index (χ3n) is 8.54. The van der Waals surface area contributed by atoms with Gasteiger partial charge in [0.2, 0.25) is 0 Å². The molecule has 44 heavy (non-hydrogen) atoms. The SMILES string of the molecule is CCCCCCCCCCCCOc1cc2nc3nc4ccccc4nc3nc2cc1OCCCCCCCCCCCC. The first-order valence-electron chi connectivity index (χ1n) is 17.9. The van der Waals surface area contributed by atoms with Gasteiger partial charge in [0.05, 0.1) is 35.3 Å². The van der Waals surface area contributed by atoms with Crippen LogP contribution in [0.4, 0.5) is 0 Å². The Bertz CT molecular complexity index is 1270. The Balaban J connectivity index is 1.31. The van der Waals surface area contributed by atoms with E-state index in [1.54, 1.807) is 0 Å². The van der Waals surface area contributed by atoms with Crippen molar-refractivity contribution in [1.29, 1.82) is 0 Å². The molecule has 0 saturated carbocycles. The molecule has 2 aromatic carbocycles. The summed E-state index contributed by atoms with van der Waals surface area (Å²) in [7, 11) is 0. The van der Waals surface area contributed by atoms with Gasteiger partial charge in [-0.05, 0) is 25.0 Å². The van der Waals surface area contributed by atoms with Crippen LogP contribution < -0.4 is 9.47 Å². The Labute approximate surface area is 265 Å². The van der Waals surface area contributed by atoms with Crippen LogP contribution in [-0.2, 0) is 0 Å². The van der Waals surface area contributed by atoms with Crippen molar-refractivity contribution in [2.75, 3.05) is 13.2 Å². The van der Waals surface area contributed by atoms with Crippen LogP contribution in [0, 0.1) is 0 Å². The zero-order valence-corrected chi connectivity index (χ0v) is 27.6. The quantitative estimate of drug-likeness (QED) is 0.0588. The van der Waals surface area contributed by atoms with Gasteiger partial charge in [0.25, 0.3) is 0 Å². The van der Waals surface area contributed by atoms with Gasteiger partial charge in [-0.2, -0.15) is 0 Å². The minimum absolute atomic E-state index is 0.552. The normalized spacial score (nSPS) is 11.6. The molecule has 0 fully saturated rings. The molecular weight excluding hydrogens is 544 g/mol. The number of hydrogen-bond acceptors (Lipinski definition) is 6. The van der Waals surface area contributed by atoms with E-state index in [0.717, 1.165) is 46.4 Å². The molecule has 0 aliphatic carbocycles. The van der Waals surface area contributed by atoms with Crippen LogP contribution in [0.2, 0.25) is 0 Å². The average molecular weight is 601 g/mol. The van der Waals surface area contributed by atoms with Crippen LogP contribution in [0.25, 0.3) is 33.4 Å². The largest absolute Gasteiger partial charge is 0.490 e. The molecule has 240 valence electrons. The number of para-hydroxylation sites is 2. The molecule has 6 heteroatoms. The number of rotatable bonds is 24. The van der Waals surface area contributed by atoms with E-state index in [1.165, 1.54) is 116 Å². The van der Waals surface area contributed by atoms with E-state index in [0.29, 0.717) is 24.5 Å². The second kappa shape index (κ2) is 20.1. The number of nitrogens with zero attached hydrogens (tertiary/aromatic N) is 4. The molecule has 2 heterocycles. The molecular formula is C38H56N4O2. The zero-order valence-electron chi connectivity index (χ0n) is 27.6. The van der Waals surface area contributed by atoms with Gasteiger partial charge < -0.3 is 9.47 Å². The van der Waals surface area contributed by atoms with Crippen molar-refractivity contribution in [3.8, 4) is 11.5 Å². The van der Waals surface area contributed by atoms with Crippen molar-refractivity contribution in [1.82, 2.24) is 19.9 Å². The maximum absolute atomic E-state index is 6.32. The van der Waals surface area contributed by atoms with Gasteiger partial charge >= 0.3 is 0 Å². The number of ether oxygens (including phenoxy) is 2.